The molecule has 0 aliphatic rings. The van der Waals surface area contributed by atoms with E-state index in [0.29, 0.717) is 17.8 Å². The number of amides is 1. The second kappa shape index (κ2) is 12.1. The molecule has 0 bridgehead atoms. The van der Waals surface area contributed by atoms with Gasteiger partial charge in [0, 0.05) is 28.8 Å². The predicted molar refractivity (Wildman–Crippen MR) is 160 cm³/mol. The molecule has 0 spiro atoms. The molecule has 5 rings (SSSR count). The fourth-order valence-electron chi connectivity index (χ4n) is 4.55. The van der Waals surface area contributed by atoms with E-state index in [1.165, 1.54) is 0 Å². The lowest BCUT2D eigenvalue weighted by molar-refractivity contribution is -0.137. The van der Waals surface area contributed by atoms with Gasteiger partial charge in [0.15, 0.2) is 0 Å². The van der Waals surface area contributed by atoms with Crippen molar-refractivity contribution in [1.82, 2.24) is 14.7 Å². The molecule has 0 aliphatic heterocycles. The average molecular weight is 551 g/mol. The molecule has 202 valence electrons. The number of aliphatic carboxylic acids is 1. The second-order valence-electron chi connectivity index (χ2n) is 9.55. The molecule has 0 saturated heterocycles. The van der Waals surface area contributed by atoms with Crippen molar-refractivity contribution >= 4 is 35.1 Å². The van der Waals surface area contributed by atoms with Gasteiger partial charge >= 0.3 is 5.97 Å². The second-order valence-corrected chi connectivity index (χ2v) is 10.4. The van der Waals surface area contributed by atoms with Crippen molar-refractivity contribution in [1.29, 1.82) is 0 Å². The highest BCUT2D eigenvalue weighted by Crippen LogP contribution is 2.31. The summed E-state index contributed by atoms with van der Waals surface area (Å²) < 4.78 is 1.94. The van der Waals surface area contributed by atoms with E-state index in [9.17, 15) is 14.7 Å². The van der Waals surface area contributed by atoms with Crippen LogP contribution >= 0.6 is 11.8 Å². The number of carboxylic acids is 1. The molecule has 8 heteroatoms. The molecule has 2 aromatic heterocycles. The van der Waals surface area contributed by atoms with Crippen molar-refractivity contribution in [3.8, 4) is 11.3 Å². The van der Waals surface area contributed by atoms with Gasteiger partial charge in [0.1, 0.15) is 17.2 Å². The molecule has 0 fully saturated rings. The Balaban J connectivity index is 1.48. The molecular formula is C32H30N4O3S. The molecule has 40 heavy (non-hydrogen) atoms. The van der Waals surface area contributed by atoms with E-state index in [1.807, 2.05) is 78.4 Å². The van der Waals surface area contributed by atoms with E-state index in [-0.39, 0.29) is 12.3 Å². The molecule has 1 amide bonds. The van der Waals surface area contributed by atoms with Gasteiger partial charge in [-0.1, -0.05) is 72.3 Å². The molecule has 3 N–H and O–H groups in total. The Bertz CT molecular complexity index is 1630. The fourth-order valence-corrected chi connectivity index (χ4v) is 4.96. The predicted octanol–water partition coefficient (Wildman–Crippen LogP) is 6.59. The van der Waals surface area contributed by atoms with Crippen molar-refractivity contribution in [2.45, 2.75) is 30.8 Å². The summed E-state index contributed by atoms with van der Waals surface area (Å²) >= 11 is 1.68. The van der Waals surface area contributed by atoms with Crippen LogP contribution in [0.15, 0.2) is 102 Å². The van der Waals surface area contributed by atoms with E-state index in [4.69, 9.17) is 4.98 Å². The number of nitrogens with zero attached hydrogens (tertiary/aromatic N) is 2. The number of aryl methyl sites for hydroxylation is 1. The van der Waals surface area contributed by atoms with Crippen LogP contribution in [-0.2, 0) is 11.3 Å². The van der Waals surface area contributed by atoms with Crippen molar-refractivity contribution < 1.29 is 14.7 Å². The quantitative estimate of drug-likeness (QED) is 0.170. The summed E-state index contributed by atoms with van der Waals surface area (Å²) in [7, 11) is 0. The highest BCUT2D eigenvalue weighted by atomic mass is 32.2. The third kappa shape index (κ3) is 6.18. The summed E-state index contributed by atoms with van der Waals surface area (Å²) in [6, 6.07) is 28.7. The summed E-state index contributed by atoms with van der Waals surface area (Å²) in [5.41, 5.74) is 5.69. The minimum Gasteiger partial charge on any atom is -0.481 e. The molecular weight excluding hydrogens is 520 g/mol. The Morgan fingerprint density at radius 3 is 2.38 bits per heavy atom. The zero-order chi connectivity index (χ0) is 28.1. The number of aromatic nitrogens is 2. The minimum atomic E-state index is -0.985. The van der Waals surface area contributed by atoms with Crippen molar-refractivity contribution in [3.63, 3.8) is 0 Å². The highest BCUT2D eigenvalue weighted by Gasteiger charge is 2.21. The van der Waals surface area contributed by atoms with E-state index >= 15 is 0 Å². The first-order chi connectivity index (χ1) is 19.4. The molecule has 7 nitrogen and oxygen atoms in total. The zero-order valence-electron chi connectivity index (χ0n) is 22.3. The van der Waals surface area contributed by atoms with Crippen LogP contribution in [0.4, 0.5) is 5.82 Å². The Morgan fingerprint density at radius 1 is 0.975 bits per heavy atom. The number of hydrogen-bond donors (Lipinski definition) is 3. The molecule has 1 unspecified atom stereocenters. The van der Waals surface area contributed by atoms with Gasteiger partial charge < -0.3 is 15.7 Å². The normalized spacial score (nSPS) is 11.8. The van der Waals surface area contributed by atoms with E-state index in [1.54, 1.807) is 23.9 Å². The number of benzene rings is 3. The lowest BCUT2D eigenvalue weighted by Crippen LogP contribution is -2.30. The summed E-state index contributed by atoms with van der Waals surface area (Å²) in [5.74, 6) is -0.519. The summed E-state index contributed by atoms with van der Waals surface area (Å²) in [6.45, 7) is 2.57. The number of anilines is 1. The highest BCUT2D eigenvalue weighted by molar-refractivity contribution is 7.98. The number of imidazole rings is 1. The number of fused-ring (bicyclic) bond motifs is 1. The number of thioether (sulfide) groups is 1. The Morgan fingerprint density at radius 2 is 1.70 bits per heavy atom. The first-order valence-electron chi connectivity index (χ1n) is 12.9. The summed E-state index contributed by atoms with van der Waals surface area (Å²) in [6.07, 6.45) is 3.64. The van der Waals surface area contributed by atoms with Gasteiger partial charge in [-0.3, -0.25) is 14.0 Å². The Labute approximate surface area is 237 Å². The molecule has 2 heterocycles. The maximum atomic E-state index is 13.3. The minimum absolute atomic E-state index is 0.218. The Hall–Kier alpha value is -4.56. The molecule has 0 saturated carbocycles. The topological polar surface area (TPSA) is 95.7 Å². The van der Waals surface area contributed by atoms with Gasteiger partial charge in [-0.2, -0.15) is 0 Å². The average Bonchev–Trinajstić information content (AvgIpc) is 3.34. The van der Waals surface area contributed by atoms with Crippen LogP contribution in [0, 0.1) is 6.92 Å². The first-order valence-corrected chi connectivity index (χ1v) is 14.2. The standard InChI is InChI=1S/C32H30N4O3S/c1-21-8-10-23(11-9-21)27(19-29(37)38)34-32(39)25-16-17-36-28(18-25)35-30(24-12-14-26(40-2)15-13-24)31(36)33-20-22-6-4-3-5-7-22/h3-18,27,33H,19-20H2,1-2H3,(H,34,39)(H,37,38). The van der Waals surface area contributed by atoms with Crippen molar-refractivity contribution in [2.75, 3.05) is 11.6 Å². The summed E-state index contributed by atoms with van der Waals surface area (Å²) in [4.78, 5) is 30.9. The van der Waals surface area contributed by atoms with Crippen molar-refractivity contribution in [3.05, 3.63) is 119 Å². The van der Waals surface area contributed by atoms with Gasteiger partial charge in [0.05, 0.1) is 12.5 Å². The van der Waals surface area contributed by atoms with Gasteiger partial charge in [-0.25, -0.2) is 4.98 Å². The molecule has 0 radical (unpaired) electrons. The van der Waals surface area contributed by atoms with Crippen LogP contribution in [0.1, 0.15) is 39.5 Å². The third-order valence-electron chi connectivity index (χ3n) is 6.72. The van der Waals surface area contributed by atoms with Crippen LogP contribution in [-0.4, -0.2) is 32.6 Å². The number of carboxylic acid groups (broad SMARTS) is 1. The van der Waals surface area contributed by atoms with Crippen molar-refractivity contribution in [2.24, 2.45) is 0 Å². The van der Waals surface area contributed by atoms with Gasteiger partial charge in [-0.05, 0) is 48.6 Å². The van der Waals surface area contributed by atoms with E-state index in [2.05, 4.69) is 34.9 Å². The van der Waals surface area contributed by atoms with E-state index < -0.39 is 12.0 Å². The lowest BCUT2D eigenvalue weighted by Gasteiger charge is -2.18. The first kappa shape index (κ1) is 27.0. The number of rotatable bonds is 10. The molecule has 0 aliphatic carbocycles. The zero-order valence-corrected chi connectivity index (χ0v) is 23.1. The SMILES string of the molecule is CSc1ccc(-c2nc3cc(C(=O)NC(CC(=O)O)c4ccc(C)cc4)ccn3c2NCc2ccccc2)cc1. The van der Waals surface area contributed by atoms with Crippen LogP contribution in [0.3, 0.4) is 0 Å². The third-order valence-corrected chi connectivity index (χ3v) is 7.46. The monoisotopic (exact) mass is 550 g/mol. The van der Waals surface area contributed by atoms with Crippen LogP contribution in [0.5, 0.6) is 0 Å². The maximum absolute atomic E-state index is 13.3. The maximum Gasteiger partial charge on any atom is 0.305 e. The van der Waals surface area contributed by atoms with E-state index in [0.717, 1.165) is 38.7 Å². The number of carbonyl (C=O) groups excluding carboxylic acids is 1. The number of carbonyl (C=O) groups is 2. The molecule has 3 aromatic carbocycles. The molecule has 5 aromatic rings. The van der Waals surface area contributed by atoms with Crippen LogP contribution in [0.2, 0.25) is 0 Å². The lowest BCUT2D eigenvalue weighted by atomic mass is 10.0. The fraction of sp³-hybridized carbons (Fsp3) is 0.156. The number of hydrogen-bond acceptors (Lipinski definition) is 5. The number of pyridine rings is 1. The smallest absolute Gasteiger partial charge is 0.305 e. The summed E-state index contributed by atoms with van der Waals surface area (Å²) in [5, 5.41) is 15.9. The Kier molecular flexibility index (Phi) is 8.17. The largest absolute Gasteiger partial charge is 0.481 e. The number of nitrogens with one attached hydrogen (secondary N) is 2. The van der Waals surface area contributed by atoms with Crippen LogP contribution in [0.25, 0.3) is 16.9 Å². The van der Waals surface area contributed by atoms with Gasteiger partial charge in [0.25, 0.3) is 5.91 Å². The van der Waals surface area contributed by atoms with Crippen LogP contribution < -0.4 is 10.6 Å². The molecule has 1 atom stereocenters. The van der Waals surface area contributed by atoms with Gasteiger partial charge in [0.2, 0.25) is 0 Å². The van der Waals surface area contributed by atoms with Gasteiger partial charge in [-0.15, -0.1) is 11.8 Å².